The second-order valence-electron chi connectivity index (χ2n) is 6.82. The molecule has 2 heterocycles. The third-order valence-corrected chi connectivity index (χ3v) is 4.87. The van der Waals surface area contributed by atoms with E-state index in [9.17, 15) is 18.0 Å². The van der Waals surface area contributed by atoms with Crippen LogP contribution >= 0.6 is 0 Å². The molecule has 2 aromatic carbocycles. The van der Waals surface area contributed by atoms with Gasteiger partial charge in [0.25, 0.3) is 5.91 Å². The summed E-state index contributed by atoms with van der Waals surface area (Å²) in [5, 5.41) is 2.87. The van der Waals surface area contributed by atoms with Crippen LogP contribution in [0.1, 0.15) is 28.4 Å². The van der Waals surface area contributed by atoms with Crippen LogP contribution < -0.4 is 5.32 Å². The number of anilines is 1. The van der Waals surface area contributed by atoms with Gasteiger partial charge in [-0.2, -0.15) is 13.2 Å². The predicted octanol–water partition coefficient (Wildman–Crippen LogP) is 5.83. The maximum Gasteiger partial charge on any atom is 0.416 e. The zero-order valence-corrected chi connectivity index (χ0v) is 16.1. The van der Waals surface area contributed by atoms with E-state index < -0.39 is 11.7 Å². The Morgan fingerprint density at radius 2 is 1.70 bits per heavy atom. The first-order valence-electron chi connectivity index (χ1n) is 9.42. The van der Waals surface area contributed by atoms with Gasteiger partial charge in [-0.15, -0.1) is 0 Å². The van der Waals surface area contributed by atoms with Crippen LogP contribution in [0.2, 0.25) is 0 Å². The van der Waals surface area contributed by atoms with Gasteiger partial charge in [0.1, 0.15) is 17.2 Å². The molecular formula is C23H18F3N3O. The molecule has 1 amide bonds. The number of halogens is 3. The Morgan fingerprint density at radius 1 is 1.00 bits per heavy atom. The zero-order chi connectivity index (χ0) is 21.3. The van der Waals surface area contributed by atoms with E-state index in [1.807, 2.05) is 19.1 Å². The highest BCUT2D eigenvalue weighted by Crippen LogP contribution is 2.33. The summed E-state index contributed by atoms with van der Waals surface area (Å²) in [5.41, 5.74) is 2.31. The van der Waals surface area contributed by atoms with Crippen molar-refractivity contribution >= 4 is 17.4 Å². The Morgan fingerprint density at radius 3 is 2.33 bits per heavy atom. The van der Waals surface area contributed by atoms with Gasteiger partial charge in [-0.25, -0.2) is 4.98 Å². The molecule has 0 aliphatic rings. The number of fused-ring (bicyclic) bond motifs is 1. The third kappa shape index (κ3) is 3.78. The van der Waals surface area contributed by atoms with E-state index in [0.29, 0.717) is 28.3 Å². The highest BCUT2D eigenvalue weighted by molar-refractivity contribution is 6.05. The van der Waals surface area contributed by atoms with E-state index in [4.69, 9.17) is 0 Å². The lowest BCUT2D eigenvalue weighted by Gasteiger charge is -2.10. The normalized spacial score (nSPS) is 11.6. The van der Waals surface area contributed by atoms with Crippen LogP contribution in [0, 0.1) is 0 Å². The molecule has 0 saturated heterocycles. The summed E-state index contributed by atoms with van der Waals surface area (Å²) < 4.78 is 40.4. The van der Waals surface area contributed by atoms with Gasteiger partial charge < -0.3 is 5.32 Å². The SMILES string of the molecule is CCc1ccc(C(=O)Nc2c(-c3ccc(C(F)(F)F)cc3)nc3ccccn23)cc1. The second kappa shape index (κ2) is 7.67. The van der Waals surface area contributed by atoms with E-state index in [-0.39, 0.29) is 5.91 Å². The number of carbonyl (C=O) groups is 1. The summed E-state index contributed by atoms with van der Waals surface area (Å²) >= 11 is 0. The van der Waals surface area contributed by atoms with Crippen molar-refractivity contribution in [1.82, 2.24) is 9.38 Å². The van der Waals surface area contributed by atoms with Gasteiger partial charge in [0.15, 0.2) is 0 Å². The number of imidazole rings is 1. The summed E-state index contributed by atoms with van der Waals surface area (Å²) in [6.07, 6.45) is -1.81. The predicted molar refractivity (Wildman–Crippen MR) is 109 cm³/mol. The lowest BCUT2D eigenvalue weighted by Crippen LogP contribution is -2.14. The molecule has 0 atom stereocenters. The molecule has 2 aromatic heterocycles. The number of pyridine rings is 1. The van der Waals surface area contributed by atoms with Crippen molar-refractivity contribution in [2.24, 2.45) is 0 Å². The fraction of sp³-hybridized carbons (Fsp3) is 0.130. The summed E-state index contributed by atoms with van der Waals surface area (Å²) in [5.74, 6) is 0.0754. The maximum absolute atomic E-state index is 12.9. The number of nitrogens with one attached hydrogen (secondary N) is 1. The third-order valence-electron chi connectivity index (χ3n) is 4.87. The van der Waals surface area contributed by atoms with Crippen LogP contribution in [-0.2, 0) is 12.6 Å². The molecule has 30 heavy (non-hydrogen) atoms. The van der Waals surface area contributed by atoms with E-state index in [1.54, 1.807) is 40.9 Å². The molecule has 0 aliphatic carbocycles. The van der Waals surface area contributed by atoms with Crippen molar-refractivity contribution < 1.29 is 18.0 Å². The molecule has 1 N–H and O–H groups in total. The standard InChI is InChI=1S/C23H18F3N3O/c1-2-15-6-8-17(9-7-15)22(30)28-21-20(27-19-5-3-4-14-29(19)21)16-10-12-18(13-11-16)23(24,25)26/h3-14H,2H2,1H3,(H,28,30). The first-order chi connectivity index (χ1) is 14.4. The molecule has 0 bridgehead atoms. The average Bonchev–Trinajstić information content (AvgIpc) is 3.11. The molecule has 0 spiro atoms. The summed E-state index contributed by atoms with van der Waals surface area (Å²) in [6, 6.07) is 17.4. The van der Waals surface area contributed by atoms with Crippen LogP contribution in [0.4, 0.5) is 19.0 Å². The summed E-state index contributed by atoms with van der Waals surface area (Å²) in [7, 11) is 0. The van der Waals surface area contributed by atoms with Gasteiger partial charge in [-0.05, 0) is 48.4 Å². The van der Waals surface area contributed by atoms with Crippen LogP contribution in [0.5, 0.6) is 0 Å². The Bertz CT molecular complexity index is 1190. The maximum atomic E-state index is 12.9. The van der Waals surface area contributed by atoms with Gasteiger partial charge >= 0.3 is 6.18 Å². The van der Waals surface area contributed by atoms with Gasteiger partial charge in [-0.3, -0.25) is 9.20 Å². The monoisotopic (exact) mass is 409 g/mol. The molecule has 0 radical (unpaired) electrons. The lowest BCUT2D eigenvalue weighted by atomic mass is 10.1. The number of nitrogens with zero attached hydrogens (tertiary/aromatic N) is 2. The van der Waals surface area contributed by atoms with E-state index in [1.165, 1.54) is 12.1 Å². The first kappa shape index (κ1) is 19.7. The minimum Gasteiger partial charge on any atom is -0.306 e. The number of rotatable bonds is 4. The number of aryl methyl sites for hydroxylation is 1. The van der Waals surface area contributed by atoms with Gasteiger partial charge in [0.05, 0.1) is 5.56 Å². The van der Waals surface area contributed by atoms with Crippen molar-refractivity contribution in [3.05, 3.63) is 89.6 Å². The Labute approximate surface area is 171 Å². The van der Waals surface area contributed by atoms with Crippen LogP contribution in [0.15, 0.2) is 72.9 Å². The summed E-state index contributed by atoms with van der Waals surface area (Å²) in [4.78, 5) is 17.3. The smallest absolute Gasteiger partial charge is 0.306 e. The quantitative estimate of drug-likeness (QED) is 0.461. The van der Waals surface area contributed by atoms with E-state index in [0.717, 1.165) is 24.1 Å². The van der Waals surface area contributed by atoms with Gasteiger partial charge in [0.2, 0.25) is 0 Å². The molecular weight excluding hydrogens is 391 g/mol. The van der Waals surface area contributed by atoms with Crippen molar-refractivity contribution in [2.45, 2.75) is 19.5 Å². The molecule has 152 valence electrons. The van der Waals surface area contributed by atoms with Gasteiger partial charge in [0, 0.05) is 17.3 Å². The van der Waals surface area contributed by atoms with Crippen molar-refractivity contribution in [1.29, 1.82) is 0 Å². The molecule has 4 aromatic rings. The van der Waals surface area contributed by atoms with Crippen molar-refractivity contribution in [3.8, 4) is 11.3 Å². The zero-order valence-electron chi connectivity index (χ0n) is 16.1. The molecule has 7 heteroatoms. The lowest BCUT2D eigenvalue weighted by molar-refractivity contribution is -0.137. The number of hydrogen-bond donors (Lipinski definition) is 1. The Kier molecular flexibility index (Phi) is 5.03. The Hall–Kier alpha value is -3.61. The average molecular weight is 409 g/mol. The topological polar surface area (TPSA) is 46.4 Å². The van der Waals surface area contributed by atoms with E-state index in [2.05, 4.69) is 10.3 Å². The Balaban J connectivity index is 1.74. The van der Waals surface area contributed by atoms with Crippen LogP contribution in [0.25, 0.3) is 16.9 Å². The minimum atomic E-state index is -4.42. The number of hydrogen-bond acceptors (Lipinski definition) is 2. The fourth-order valence-corrected chi connectivity index (χ4v) is 3.21. The molecule has 4 rings (SSSR count). The number of amides is 1. The minimum absolute atomic E-state index is 0.323. The van der Waals surface area contributed by atoms with Crippen molar-refractivity contribution in [2.75, 3.05) is 5.32 Å². The summed E-state index contributed by atoms with van der Waals surface area (Å²) in [6.45, 7) is 2.03. The van der Waals surface area contributed by atoms with Crippen LogP contribution in [0.3, 0.4) is 0 Å². The second-order valence-corrected chi connectivity index (χ2v) is 6.82. The molecule has 4 nitrogen and oxygen atoms in total. The molecule has 0 unspecified atom stereocenters. The highest BCUT2D eigenvalue weighted by atomic mass is 19.4. The van der Waals surface area contributed by atoms with Crippen LogP contribution in [-0.4, -0.2) is 15.3 Å². The first-order valence-corrected chi connectivity index (χ1v) is 9.42. The molecule has 0 fully saturated rings. The number of alkyl halides is 3. The van der Waals surface area contributed by atoms with Crippen molar-refractivity contribution in [3.63, 3.8) is 0 Å². The van der Waals surface area contributed by atoms with E-state index >= 15 is 0 Å². The number of aromatic nitrogens is 2. The largest absolute Gasteiger partial charge is 0.416 e. The molecule has 0 aliphatic heterocycles. The number of benzene rings is 2. The fourth-order valence-electron chi connectivity index (χ4n) is 3.21. The van der Waals surface area contributed by atoms with Gasteiger partial charge in [-0.1, -0.05) is 37.3 Å². The highest BCUT2D eigenvalue weighted by Gasteiger charge is 2.30. The number of carbonyl (C=O) groups excluding carboxylic acids is 1. The molecule has 0 saturated carbocycles.